The zero-order chi connectivity index (χ0) is 19.8. The molecule has 144 valence electrons. The van der Waals surface area contributed by atoms with E-state index in [1.165, 1.54) is 6.26 Å². The quantitative estimate of drug-likeness (QED) is 0.621. The summed E-state index contributed by atoms with van der Waals surface area (Å²) in [4.78, 5) is 35.5. The Morgan fingerprint density at radius 3 is 2.33 bits per heavy atom. The minimum Gasteiger partial charge on any atom is -0.459 e. The summed E-state index contributed by atoms with van der Waals surface area (Å²) in [6.07, 6.45) is 2.11. The maximum absolute atomic E-state index is 12.1. The Labute approximate surface area is 158 Å². The van der Waals surface area contributed by atoms with Gasteiger partial charge in [-0.3, -0.25) is 14.4 Å². The van der Waals surface area contributed by atoms with Gasteiger partial charge >= 0.3 is 0 Å². The SMILES string of the molecule is Cc1cc(C)c(NC(=O)CNC(=O)CCCNC(=O)c2ccco2)c(C)c1. The Morgan fingerprint density at radius 1 is 1.00 bits per heavy atom. The van der Waals surface area contributed by atoms with Crippen LogP contribution in [-0.2, 0) is 9.59 Å². The van der Waals surface area contributed by atoms with Gasteiger partial charge in [-0.05, 0) is 50.5 Å². The lowest BCUT2D eigenvalue weighted by molar-refractivity contribution is -0.124. The molecule has 1 aromatic carbocycles. The normalized spacial score (nSPS) is 10.3. The number of aryl methyl sites for hydroxylation is 3. The molecule has 0 aliphatic carbocycles. The summed E-state index contributed by atoms with van der Waals surface area (Å²) in [6.45, 7) is 6.13. The van der Waals surface area contributed by atoms with E-state index in [-0.39, 0.29) is 36.4 Å². The molecule has 0 saturated heterocycles. The number of amides is 3. The second kappa shape index (κ2) is 9.56. The first-order valence-electron chi connectivity index (χ1n) is 8.83. The first-order chi connectivity index (χ1) is 12.9. The predicted molar refractivity (Wildman–Crippen MR) is 103 cm³/mol. The number of hydrogen-bond acceptors (Lipinski definition) is 4. The van der Waals surface area contributed by atoms with Crippen LogP contribution < -0.4 is 16.0 Å². The number of rotatable bonds is 8. The van der Waals surface area contributed by atoms with Crippen LogP contribution >= 0.6 is 0 Å². The van der Waals surface area contributed by atoms with E-state index in [0.717, 1.165) is 22.4 Å². The van der Waals surface area contributed by atoms with Crippen LogP contribution in [-0.4, -0.2) is 30.8 Å². The molecular weight excluding hydrogens is 346 g/mol. The van der Waals surface area contributed by atoms with Gasteiger partial charge in [0.2, 0.25) is 11.8 Å². The Morgan fingerprint density at radius 2 is 1.70 bits per heavy atom. The zero-order valence-electron chi connectivity index (χ0n) is 15.8. The third kappa shape index (κ3) is 6.29. The van der Waals surface area contributed by atoms with Gasteiger partial charge in [0.1, 0.15) is 0 Å². The van der Waals surface area contributed by atoms with Crippen molar-refractivity contribution in [3.05, 3.63) is 53.0 Å². The number of furan rings is 1. The standard InChI is InChI=1S/C20H25N3O4/c1-13-10-14(2)19(15(3)11-13)23-18(25)12-22-17(24)7-4-8-21-20(26)16-6-5-9-27-16/h5-6,9-11H,4,7-8,12H2,1-3H3,(H,21,26)(H,22,24)(H,23,25). The fraction of sp³-hybridized carbons (Fsp3) is 0.350. The van der Waals surface area contributed by atoms with E-state index >= 15 is 0 Å². The van der Waals surface area contributed by atoms with Crippen LogP contribution in [0.5, 0.6) is 0 Å². The second-order valence-corrected chi connectivity index (χ2v) is 6.44. The largest absolute Gasteiger partial charge is 0.459 e. The topological polar surface area (TPSA) is 100 Å². The van der Waals surface area contributed by atoms with Crippen molar-refractivity contribution in [1.82, 2.24) is 10.6 Å². The van der Waals surface area contributed by atoms with Gasteiger partial charge in [-0.1, -0.05) is 17.7 Å². The molecule has 7 nitrogen and oxygen atoms in total. The minimum atomic E-state index is -0.316. The third-order valence-electron chi connectivity index (χ3n) is 4.00. The third-order valence-corrected chi connectivity index (χ3v) is 4.00. The van der Waals surface area contributed by atoms with E-state index < -0.39 is 0 Å². The van der Waals surface area contributed by atoms with Gasteiger partial charge in [0.25, 0.3) is 5.91 Å². The van der Waals surface area contributed by atoms with Crippen molar-refractivity contribution < 1.29 is 18.8 Å². The lowest BCUT2D eigenvalue weighted by atomic mass is 10.1. The molecule has 3 N–H and O–H groups in total. The Hall–Kier alpha value is -3.09. The van der Waals surface area contributed by atoms with Crippen molar-refractivity contribution in [2.45, 2.75) is 33.6 Å². The Kier molecular flexibility index (Phi) is 7.16. The van der Waals surface area contributed by atoms with E-state index in [2.05, 4.69) is 16.0 Å². The van der Waals surface area contributed by atoms with E-state index in [1.54, 1.807) is 12.1 Å². The van der Waals surface area contributed by atoms with Crippen molar-refractivity contribution >= 4 is 23.4 Å². The van der Waals surface area contributed by atoms with Crippen molar-refractivity contribution in [2.75, 3.05) is 18.4 Å². The first kappa shape index (κ1) is 20.2. The van der Waals surface area contributed by atoms with Gasteiger partial charge in [0.05, 0.1) is 12.8 Å². The van der Waals surface area contributed by atoms with Crippen LogP contribution in [0.25, 0.3) is 0 Å². The predicted octanol–water partition coefficient (Wildman–Crippen LogP) is 2.47. The molecule has 0 fully saturated rings. The number of benzene rings is 1. The number of anilines is 1. The lowest BCUT2D eigenvalue weighted by Gasteiger charge is -2.13. The van der Waals surface area contributed by atoms with Crippen molar-refractivity contribution in [3.8, 4) is 0 Å². The Bertz CT molecular complexity index is 790. The molecule has 0 spiro atoms. The molecule has 27 heavy (non-hydrogen) atoms. The molecule has 0 aliphatic heterocycles. The molecule has 2 rings (SSSR count). The lowest BCUT2D eigenvalue weighted by Crippen LogP contribution is -2.33. The molecule has 0 aliphatic rings. The highest BCUT2D eigenvalue weighted by molar-refractivity contribution is 5.95. The number of hydrogen-bond donors (Lipinski definition) is 3. The minimum absolute atomic E-state index is 0.0929. The summed E-state index contributed by atoms with van der Waals surface area (Å²) in [5.74, 6) is -0.597. The maximum atomic E-state index is 12.1. The van der Waals surface area contributed by atoms with E-state index in [4.69, 9.17) is 4.42 Å². The highest BCUT2D eigenvalue weighted by atomic mass is 16.3. The molecule has 0 radical (unpaired) electrons. The highest BCUT2D eigenvalue weighted by Crippen LogP contribution is 2.21. The molecule has 1 heterocycles. The second-order valence-electron chi connectivity index (χ2n) is 6.44. The molecule has 0 saturated carbocycles. The van der Waals surface area contributed by atoms with Crippen LogP contribution in [0.1, 0.15) is 40.1 Å². The zero-order valence-corrected chi connectivity index (χ0v) is 15.8. The van der Waals surface area contributed by atoms with Gasteiger partial charge < -0.3 is 20.4 Å². The van der Waals surface area contributed by atoms with Crippen LogP contribution in [0.2, 0.25) is 0 Å². The van der Waals surface area contributed by atoms with Crippen LogP contribution in [0.4, 0.5) is 5.69 Å². The fourth-order valence-corrected chi connectivity index (χ4v) is 2.77. The Balaban J connectivity index is 1.66. The van der Waals surface area contributed by atoms with Crippen LogP contribution in [0.3, 0.4) is 0 Å². The molecule has 0 unspecified atom stereocenters. The number of nitrogens with one attached hydrogen (secondary N) is 3. The van der Waals surface area contributed by atoms with Crippen LogP contribution in [0.15, 0.2) is 34.9 Å². The highest BCUT2D eigenvalue weighted by Gasteiger charge is 2.11. The summed E-state index contributed by atoms with van der Waals surface area (Å²) < 4.78 is 4.97. The van der Waals surface area contributed by atoms with Gasteiger partial charge in [0, 0.05) is 18.7 Å². The summed E-state index contributed by atoms with van der Waals surface area (Å²) in [5, 5.41) is 8.09. The molecule has 0 bridgehead atoms. The summed E-state index contributed by atoms with van der Waals surface area (Å²) >= 11 is 0. The summed E-state index contributed by atoms with van der Waals surface area (Å²) in [7, 11) is 0. The molecule has 7 heteroatoms. The monoisotopic (exact) mass is 371 g/mol. The van der Waals surface area contributed by atoms with Gasteiger partial charge in [-0.2, -0.15) is 0 Å². The smallest absolute Gasteiger partial charge is 0.286 e. The van der Waals surface area contributed by atoms with E-state index in [0.29, 0.717) is 13.0 Å². The van der Waals surface area contributed by atoms with Gasteiger partial charge in [0.15, 0.2) is 5.76 Å². The van der Waals surface area contributed by atoms with Crippen molar-refractivity contribution in [3.63, 3.8) is 0 Å². The molecule has 0 atom stereocenters. The van der Waals surface area contributed by atoms with Crippen molar-refractivity contribution in [2.24, 2.45) is 0 Å². The summed E-state index contributed by atoms with van der Waals surface area (Å²) in [5.41, 5.74) is 3.88. The van der Waals surface area contributed by atoms with Crippen molar-refractivity contribution in [1.29, 1.82) is 0 Å². The molecule has 1 aromatic heterocycles. The number of carbonyl (C=O) groups is 3. The number of carbonyl (C=O) groups excluding carboxylic acids is 3. The maximum Gasteiger partial charge on any atom is 0.286 e. The molecule has 3 amide bonds. The molecular formula is C20H25N3O4. The first-order valence-corrected chi connectivity index (χ1v) is 8.83. The van der Waals surface area contributed by atoms with Gasteiger partial charge in [-0.15, -0.1) is 0 Å². The molecule has 2 aromatic rings. The average Bonchev–Trinajstić information content (AvgIpc) is 3.14. The van der Waals surface area contributed by atoms with E-state index in [9.17, 15) is 14.4 Å². The van der Waals surface area contributed by atoms with E-state index in [1.807, 2.05) is 32.9 Å². The summed E-state index contributed by atoms with van der Waals surface area (Å²) in [6, 6.07) is 7.20. The average molecular weight is 371 g/mol. The van der Waals surface area contributed by atoms with Gasteiger partial charge in [-0.25, -0.2) is 0 Å². The fourth-order valence-electron chi connectivity index (χ4n) is 2.77. The van der Waals surface area contributed by atoms with Crippen LogP contribution in [0, 0.1) is 20.8 Å².